The fourth-order valence-corrected chi connectivity index (χ4v) is 6.67. The highest BCUT2D eigenvalue weighted by atomic mass is 32.1. The van der Waals surface area contributed by atoms with E-state index >= 15 is 0 Å². The molecule has 158 valence electrons. The number of anilines is 1. The molecular weight excluding hydrogens is 426 g/mol. The maximum Gasteiger partial charge on any atom is 0.265 e. The molecule has 1 atom stereocenters. The molecule has 31 heavy (non-hydrogen) atoms. The zero-order valence-electron chi connectivity index (χ0n) is 17.0. The van der Waals surface area contributed by atoms with Gasteiger partial charge >= 0.3 is 0 Å². The maximum atomic E-state index is 13.0. The molecule has 1 saturated heterocycles. The monoisotopic (exact) mass is 449 g/mol. The van der Waals surface area contributed by atoms with Crippen LogP contribution in [0.3, 0.4) is 0 Å². The number of nitrogens with two attached hydrogens (primary N) is 1. The van der Waals surface area contributed by atoms with Crippen molar-refractivity contribution in [3.8, 4) is 0 Å². The summed E-state index contributed by atoms with van der Waals surface area (Å²) in [6.45, 7) is 2.29. The molecule has 5 nitrogen and oxygen atoms in total. The predicted molar refractivity (Wildman–Crippen MR) is 129 cm³/mol. The van der Waals surface area contributed by atoms with E-state index in [2.05, 4.69) is 22.3 Å². The number of nitrogens with one attached hydrogen (secondary N) is 1. The minimum absolute atomic E-state index is 0.0846. The van der Waals surface area contributed by atoms with Gasteiger partial charge < -0.3 is 11.1 Å². The van der Waals surface area contributed by atoms with Gasteiger partial charge in [0, 0.05) is 33.6 Å². The van der Waals surface area contributed by atoms with Crippen molar-refractivity contribution < 1.29 is 9.59 Å². The molecule has 0 bridgehead atoms. The Balaban J connectivity index is 1.35. The van der Waals surface area contributed by atoms with Crippen LogP contribution in [-0.4, -0.2) is 29.8 Å². The summed E-state index contributed by atoms with van der Waals surface area (Å²) < 4.78 is 3.57. The lowest BCUT2D eigenvalue weighted by Crippen LogP contribution is -2.40. The molecule has 3 heterocycles. The summed E-state index contributed by atoms with van der Waals surface area (Å²) in [4.78, 5) is 27.6. The third-order valence-electron chi connectivity index (χ3n) is 5.84. The molecular formula is C24H23N3O2S2. The van der Waals surface area contributed by atoms with Crippen molar-refractivity contribution in [3.05, 3.63) is 65.0 Å². The standard InChI is InChI=1S/C24H23N3O2S2/c25-23(28)16-7-5-11-27(14-16)13-15-6-1-3-9-18(15)26-24(29)21-12-20-22(31-21)17-8-2-4-10-19(17)30-20/h1-4,6,8-10,12,16H,5,7,11,13-14H2,(H2,25,28)(H,26,29). The van der Waals surface area contributed by atoms with Crippen LogP contribution in [0.2, 0.25) is 0 Å². The van der Waals surface area contributed by atoms with E-state index in [1.807, 2.05) is 42.5 Å². The zero-order valence-corrected chi connectivity index (χ0v) is 18.6. The molecule has 3 N–H and O–H groups in total. The quantitative estimate of drug-likeness (QED) is 0.447. The Labute approximate surface area is 188 Å². The normalized spacial score (nSPS) is 17.2. The van der Waals surface area contributed by atoms with Crippen molar-refractivity contribution in [2.75, 3.05) is 18.4 Å². The summed E-state index contributed by atoms with van der Waals surface area (Å²) in [7, 11) is 0. The molecule has 0 saturated carbocycles. The van der Waals surface area contributed by atoms with Crippen molar-refractivity contribution in [1.29, 1.82) is 0 Å². The van der Waals surface area contributed by atoms with E-state index in [-0.39, 0.29) is 17.7 Å². The minimum atomic E-state index is -0.225. The number of amides is 2. The van der Waals surface area contributed by atoms with Crippen LogP contribution < -0.4 is 11.1 Å². The molecule has 4 aromatic rings. The van der Waals surface area contributed by atoms with Crippen LogP contribution in [0.1, 0.15) is 28.1 Å². The Morgan fingerprint density at radius 1 is 1.06 bits per heavy atom. The van der Waals surface area contributed by atoms with Crippen LogP contribution in [-0.2, 0) is 11.3 Å². The van der Waals surface area contributed by atoms with Crippen LogP contribution in [0.15, 0.2) is 54.6 Å². The zero-order chi connectivity index (χ0) is 21.4. The second-order valence-corrected chi connectivity index (χ2v) is 10.1. The fraction of sp³-hybridized carbons (Fsp3) is 0.250. The van der Waals surface area contributed by atoms with Gasteiger partial charge in [-0.3, -0.25) is 14.5 Å². The van der Waals surface area contributed by atoms with Gasteiger partial charge in [-0.05, 0) is 43.1 Å². The van der Waals surface area contributed by atoms with Gasteiger partial charge in [-0.2, -0.15) is 0 Å². The molecule has 2 amide bonds. The first-order valence-electron chi connectivity index (χ1n) is 10.4. The number of fused-ring (bicyclic) bond motifs is 3. The number of carbonyl (C=O) groups is 2. The summed E-state index contributed by atoms with van der Waals surface area (Å²) in [5, 5.41) is 4.32. The number of piperidine rings is 1. The smallest absolute Gasteiger partial charge is 0.265 e. The van der Waals surface area contributed by atoms with E-state index in [1.165, 1.54) is 14.8 Å². The van der Waals surface area contributed by atoms with Crippen LogP contribution in [0, 0.1) is 5.92 Å². The van der Waals surface area contributed by atoms with Gasteiger partial charge in [0.15, 0.2) is 0 Å². The topological polar surface area (TPSA) is 75.4 Å². The lowest BCUT2D eigenvalue weighted by atomic mass is 9.97. The number of carbonyl (C=O) groups excluding carboxylic acids is 2. The summed E-state index contributed by atoms with van der Waals surface area (Å²) in [6.07, 6.45) is 1.82. The van der Waals surface area contributed by atoms with Gasteiger partial charge in [0.2, 0.25) is 5.91 Å². The third kappa shape index (κ3) is 4.08. The number of likely N-dealkylation sites (tertiary alicyclic amines) is 1. The molecule has 0 aliphatic carbocycles. The first kappa shape index (κ1) is 20.2. The van der Waals surface area contributed by atoms with E-state index in [4.69, 9.17) is 5.73 Å². The summed E-state index contributed by atoms with van der Waals surface area (Å²) >= 11 is 3.26. The second kappa shape index (κ2) is 8.42. The molecule has 7 heteroatoms. The largest absolute Gasteiger partial charge is 0.369 e. The fourth-order valence-electron chi connectivity index (χ4n) is 4.25. The van der Waals surface area contributed by atoms with Gasteiger partial charge in [0.05, 0.1) is 15.5 Å². The molecule has 2 aromatic carbocycles. The van der Waals surface area contributed by atoms with Crippen LogP contribution in [0.5, 0.6) is 0 Å². The number of primary amides is 1. The Morgan fingerprint density at radius 3 is 2.74 bits per heavy atom. The average molecular weight is 450 g/mol. The third-order valence-corrected chi connectivity index (χ3v) is 8.25. The van der Waals surface area contributed by atoms with E-state index in [1.54, 1.807) is 22.7 Å². The maximum absolute atomic E-state index is 13.0. The average Bonchev–Trinajstić information content (AvgIpc) is 3.33. The van der Waals surface area contributed by atoms with Gasteiger partial charge in [-0.1, -0.05) is 36.4 Å². The Morgan fingerprint density at radius 2 is 1.87 bits per heavy atom. The Bertz CT molecular complexity index is 1280. The number of rotatable bonds is 5. The highest BCUT2D eigenvalue weighted by Crippen LogP contribution is 2.39. The summed E-state index contributed by atoms with van der Waals surface area (Å²) in [5.74, 6) is -0.403. The van der Waals surface area contributed by atoms with Crippen LogP contribution in [0.25, 0.3) is 19.5 Å². The molecule has 0 spiro atoms. The minimum Gasteiger partial charge on any atom is -0.369 e. The molecule has 0 radical (unpaired) electrons. The number of hydrogen-bond acceptors (Lipinski definition) is 5. The van der Waals surface area contributed by atoms with Crippen molar-refractivity contribution in [2.45, 2.75) is 19.4 Å². The first-order chi connectivity index (χ1) is 15.1. The highest BCUT2D eigenvalue weighted by molar-refractivity contribution is 7.33. The lowest BCUT2D eigenvalue weighted by Gasteiger charge is -2.31. The molecule has 1 unspecified atom stereocenters. The van der Waals surface area contributed by atoms with E-state index in [0.717, 1.165) is 35.3 Å². The number of benzene rings is 2. The Hall–Kier alpha value is -2.74. The second-order valence-electron chi connectivity index (χ2n) is 7.99. The van der Waals surface area contributed by atoms with E-state index in [0.29, 0.717) is 18.0 Å². The number of nitrogens with zero attached hydrogens (tertiary/aromatic N) is 1. The van der Waals surface area contributed by atoms with E-state index < -0.39 is 0 Å². The first-order valence-corrected chi connectivity index (χ1v) is 12.0. The summed E-state index contributed by atoms with van der Waals surface area (Å²) in [5.41, 5.74) is 7.38. The van der Waals surface area contributed by atoms with Crippen molar-refractivity contribution in [2.24, 2.45) is 11.7 Å². The molecule has 2 aromatic heterocycles. The van der Waals surface area contributed by atoms with Gasteiger partial charge in [0.25, 0.3) is 5.91 Å². The SMILES string of the molecule is NC(=O)C1CCCN(Cc2ccccc2NC(=O)c2cc3sc4ccccc4c3s2)C1. The molecule has 5 rings (SSSR count). The van der Waals surface area contributed by atoms with E-state index in [9.17, 15) is 9.59 Å². The predicted octanol–water partition coefficient (Wildman–Crippen LogP) is 5.07. The van der Waals surface area contributed by atoms with Crippen LogP contribution >= 0.6 is 22.7 Å². The van der Waals surface area contributed by atoms with Gasteiger partial charge in [0.1, 0.15) is 0 Å². The number of para-hydroxylation sites is 1. The van der Waals surface area contributed by atoms with Gasteiger partial charge in [-0.15, -0.1) is 22.7 Å². The highest BCUT2D eigenvalue weighted by Gasteiger charge is 2.24. The van der Waals surface area contributed by atoms with Crippen molar-refractivity contribution in [3.63, 3.8) is 0 Å². The number of hydrogen-bond donors (Lipinski definition) is 2. The Kier molecular flexibility index (Phi) is 5.48. The molecule has 1 fully saturated rings. The molecule has 1 aliphatic rings. The molecule has 1 aliphatic heterocycles. The number of thiophene rings is 2. The van der Waals surface area contributed by atoms with Gasteiger partial charge in [-0.25, -0.2) is 0 Å². The van der Waals surface area contributed by atoms with Crippen molar-refractivity contribution in [1.82, 2.24) is 4.90 Å². The van der Waals surface area contributed by atoms with Crippen molar-refractivity contribution >= 4 is 59.7 Å². The van der Waals surface area contributed by atoms with Crippen LogP contribution in [0.4, 0.5) is 5.69 Å². The summed E-state index contributed by atoms with van der Waals surface area (Å²) in [6, 6.07) is 18.2. The lowest BCUT2D eigenvalue weighted by molar-refractivity contribution is -0.123.